The van der Waals surface area contributed by atoms with Crippen LogP contribution in [0.2, 0.25) is 0 Å². The lowest BCUT2D eigenvalue weighted by Crippen LogP contribution is -2.29. The second-order valence-corrected chi connectivity index (χ2v) is 4.07. The third-order valence-corrected chi connectivity index (χ3v) is 2.52. The number of ether oxygens (including phenoxy) is 1. The van der Waals surface area contributed by atoms with Crippen LogP contribution < -0.4 is 5.32 Å². The number of amides is 1. The number of nitro benzene ring substituents is 1. The second-order valence-electron chi connectivity index (χ2n) is 4.07. The van der Waals surface area contributed by atoms with E-state index < -0.39 is 28.4 Å². The number of hydrogen-bond acceptors (Lipinski definition) is 5. The Balaban J connectivity index is 2.68. The van der Waals surface area contributed by atoms with E-state index in [-0.39, 0.29) is 25.1 Å². The molecular weight excluding hydrogens is 271 g/mol. The molecule has 8 heteroatoms. The minimum atomic E-state index is -0.763. The minimum Gasteiger partial charge on any atom is -0.391 e. The van der Waals surface area contributed by atoms with Gasteiger partial charge in [-0.05, 0) is 18.6 Å². The highest BCUT2D eigenvalue weighted by molar-refractivity contribution is 5.98. The summed E-state index contributed by atoms with van der Waals surface area (Å²) in [6, 6.07) is 2.65. The highest BCUT2D eigenvalue weighted by Gasteiger charge is 2.20. The van der Waals surface area contributed by atoms with Crippen molar-refractivity contribution in [2.75, 3.05) is 20.3 Å². The molecule has 0 fully saturated rings. The van der Waals surface area contributed by atoms with E-state index in [1.54, 1.807) is 0 Å². The average Bonchev–Trinajstić information content (AvgIpc) is 2.38. The van der Waals surface area contributed by atoms with Gasteiger partial charge in [0.05, 0.1) is 17.6 Å². The van der Waals surface area contributed by atoms with E-state index in [0.717, 1.165) is 18.2 Å². The Morgan fingerprint density at radius 1 is 1.60 bits per heavy atom. The maximum absolute atomic E-state index is 13.1. The number of benzene rings is 1. The summed E-state index contributed by atoms with van der Waals surface area (Å²) < 4.78 is 17.8. The van der Waals surface area contributed by atoms with Gasteiger partial charge in [0.15, 0.2) is 0 Å². The van der Waals surface area contributed by atoms with Crippen LogP contribution in [0.4, 0.5) is 10.1 Å². The van der Waals surface area contributed by atoms with E-state index in [2.05, 4.69) is 5.32 Å². The summed E-state index contributed by atoms with van der Waals surface area (Å²) in [5.74, 6) is -1.50. The Morgan fingerprint density at radius 3 is 2.90 bits per heavy atom. The molecule has 1 unspecified atom stereocenters. The molecule has 7 nitrogen and oxygen atoms in total. The number of carbonyl (C=O) groups is 1. The molecule has 0 aliphatic rings. The van der Waals surface area contributed by atoms with E-state index in [9.17, 15) is 24.4 Å². The van der Waals surface area contributed by atoms with Crippen molar-refractivity contribution < 1.29 is 24.0 Å². The van der Waals surface area contributed by atoms with E-state index in [1.165, 1.54) is 7.11 Å². The van der Waals surface area contributed by atoms with Crippen molar-refractivity contribution in [3.63, 3.8) is 0 Å². The van der Waals surface area contributed by atoms with Crippen LogP contribution in [0.15, 0.2) is 18.2 Å². The first-order chi connectivity index (χ1) is 9.45. The Morgan fingerprint density at radius 2 is 2.30 bits per heavy atom. The van der Waals surface area contributed by atoms with Gasteiger partial charge in [-0.3, -0.25) is 14.9 Å². The highest BCUT2D eigenvalue weighted by Crippen LogP contribution is 2.19. The molecule has 0 saturated heterocycles. The number of aliphatic hydroxyl groups excluding tert-OH is 1. The van der Waals surface area contributed by atoms with Crippen LogP contribution in [0, 0.1) is 15.9 Å². The van der Waals surface area contributed by atoms with Gasteiger partial charge in [0, 0.05) is 19.7 Å². The first kappa shape index (κ1) is 16.0. The molecule has 0 saturated carbocycles. The summed E-state index contributed by atoms with van der Waals surface area (Å²) in [5, 5.41) is 22.5. The molecule has 1 atom stereocenters. The molecule has 0 aliphatic carbocycles. The number of nitro groups is 1. The number of halogens is 1. The minimum absolute atomic E-state index is 0.0943. The molecule has 1 rings (SSSR count). The molecule has 0 heterocycles. The quantitative estimate of drug-likeness (QED) is 0.572. The van der Waals surface area contributed by atoms with E-state index in [0.29, 0.717) is 0 Å². The zero-order valence-corrected chi connectivity index (χ0v) is 10.8. The lowest BCUT2D eigenvalue weighted by molar-refractivity contribution is -0.385. The first-order valence-electron chi connectivity index (χ1n) is 5.85. The van der Waals surface area contributed by atoms with Crippen molar-refractivity contribution in [3.05, 3.63) is 39.7 Å². The van der Waals surface area contributed by atoms with Gasteiger partial charge in [-0.1, -0.05) is 0 Å². The Labute approximate surface area is 114 Å². The molecule has 0 radical (unpaired) electrons. The summed E-state index contributed by atoms with van der Waals surface area (Å²) in [7, 11) is 1.43. The fourth-order valence-electron chi connectivity index (χ4n) is 1.57. The predicted molar refractivity (Wildman–Crippen MR) is 67.9 cm³/mol. The van der Waals surface area contributed by atoms with Crippen molar-refractivity contribution >= 4 is 11.6 Å². The zero-order chi connectivity index (χ0) is 15.1. The van der Waals surface area contributed by atoms with Gasteiger partial charge in [-0.25, -0.2) is 4.39 Å². The van der Waals surface area contributed by atoms with Gasteiger partial charge in [0.2, 0.25) is 0 Å². The van der Waals surface area contributed by atoms with Crippen molar-refractivity contribution in [2.24, 2.45) is 0 Å². The number of hydrogen-bond donors (Lipinski definition) is 2. The molecule has 1 aromatic rings. The van der Waals surface area contributed by atoms with Gasteiger partial charge in [0.1, 0.15) is 11.4 Å². The number of rotatable bonds is 7. The zero-order valence-electron chi connectivity index (χ0n) is 10.8. The molecule has 0 aliphatic heterocycles. The predicted octanol–water partition coefficient (Wildman–Crippen LogP) is 0.861. The summed E-state index contributed by atoms with van der Waals surface area (Å²) in [6.45, 7) is 0.215. The van der Waals surface area contributed by atoms with Crippen molar-refractivity contribution in [1.82, 2.24) is 5.32 Å². The molecule has 110 valence electrons. The molecular formula is C12H15FN2O5. The van der Waals surface area contributed by atoms with Gasteiger partial charge in [-0.15, -0.1) is 0 Å². The lowest BCUT2D eigenvalue weighted by Gasteiger charge is -2.10. The van der Waals surface area contributed by atoms with Gasteiger partial charge >= 0.3 is 0 Å². The molecule has 1 amide bonds. The lowest BCUT2D eigenvalue weighted by atomic mass is 10.1. The van der Waals surface area contributed by atoms with Crippen molar-refractivity contribution in [1.29, 1.82) is 0 Å². The Kier molecular flexibility index (Phi) is 6.01. The summed E-state index contributed by atoms with van der Waals surface area (Å²) in [6.07, 6.45) is -0.523. The fourth-order valence-corrected chi connectivity index (χ4v) is 1.57. The van der Waals surface area contributed by atoms with Crippen LogP contribution in [-0.4, -0.2) is 42.3 Å². The fraction of sp³-hybridized carbons (Fsp3) is 0.417. The second kappa shape index (κ2) is 7.51. The summed E-state index contributed by atoms with van der Waals surface area (Å²) in [4.78, 5) is 21.8. The van der Waals surface area contributed by atoms with E-state index >= 15 is 0 Å². The van der Waals surface area contributed by atoms with Crippen LogP contribution in [0.25, 0.3) is 0 Å². The highest BCUT2D eigenvalue weighted by atomic mass is 19.1. The van der Waals surface area contributed by atoms with Crippen molar-refractivity contribution in [2.45, 2.75) is 12.5 Å². The van der Waals surface area contributed by atoms with E-state index in [4.69, 9.17) is 4.74 Å². The number of methoxy groups -OCH3 is 1. The van der Waals surface area contributed by atoms with Gasteiger partial charge < -0.3 is 15.2 Å². The third-order valence-electron chi connectivity index (χ3n) is 2.52. The van der Waals surface area contributed by atoms with Crippen LogP contribution in [-0.2, 0) is 4.74 Å². The number of nitrogens with zero attached hydrogens (tertiary/aromatic N) is 1. The van der Waals surface area contributed by atoms with Crippen LogP contribution in [0.5, 0.6) is 0 Å². The SMILES string of the molecule is COCC(O)CCNC(=O)c1cc(F)ccc1[N+](=O)[O-]. The Bertz CT molecular complexity index is 495. The maximum Gasteiger partial charge on any atom is 0.282 e. The Hall–Kier alpha value is -2.06. The molecule has 1 aromatic carbocycles. The van der Waals surface area contributed by atoms with Gasteiger partial charge in [0.25, 0.3) is 11.6 Å². The summed E-state index contributed by atoms with van der Waals surface area (Å²) in [5.41, 5.74) is -0.822. The monoisotopic (exact) mass is 286 g/mol. The maximum atomic E-state index is 13.1. The normalized spacial score (nSPS) is 11.9. The first-order valence-corrected chi connectivity index (χ1v) is 5.85. The molecule has 0 spiro atoms. The molecule has 2 N–H and O–H groups in total. The topological polar surface area (TPSA) is 102 Å². The third kappa shape index (κ3) is 4.56. The van der Waals surface area contributed by atoms with Crippen LogP contribution in [0.3, 0.4) is 0 Å². The largest absolute Gasteiger partial charge is 0.391 e. The van der Waals surface area contributed by atoms with Gasteiger partial charge in [-0.2, -0.15) is 0 Å². The molecule has 0 bridgehead atoms. The average molecular weight is 286 g/mol. The smallest absolute Gasteiger partial charge is 0.282 e. The molecule has 0 aromatic heterocycles. The summed E-state index contributed by atoms with van der Waals surface area (Å²) >= 11 is 0. The van der Waals surface area contributed by atoms with Crippen molar-refractivity contribution in [3.8, 4) is 0 Å². The van der Waals surface area contributed by atoms with Crippen LogP contribution in [0.1, 0.15) is 16.8 Å². The number of nitrogens with one attached hydrogen (secondary N) is 1. The number of carbonyl (C=O) groups excluding carboxylic acids is 1. The van der Waals surface area contributed by atoms with Crippen LogP contribution >= 0.6 is 0 Å². The standard InChI is InChI=1S/C12H15FN2O5/c1-20-7-9(16)4-5-14-12(17)10-6-8(13)2-3-11(10)15(18)19/h2-3,6,9,16H,4-5,7H2,1H3,(H,14,17). The van der Waals surface area contributed by atoms with E-state index in [1.807, 2.05) is 0 Å². The number of aliphatic hydroxyl groups is 1. The molecule has 20 heavy (non-hydrogen) atoms.